The average molecular weight is 337 g/mol. The van der Waals surface area contributed by atoms with Crippen LogP contribution in [0.4, 0.5) is 0 Å². The smallest absolute Gasteiger partial charge is 0.368 e. The van der Waals surface area contributed by atoms with Gasteiger partial charge in [0.15, 0.2) is 0 Å². The zero-order chi connectivity index (χ0) is 4.50. The van der Waals surface area contributed by atoms with E-state index in [1.807, 2.05) is 0 Å². The Labute approximate surface area is 129 Å². The van der Waals surface area contributed by atoms with Gasteiger partial charge >= 0.3 is 9.05 Å². The minimum atomic E-state index is -4.61. The van der Waals surface area contributed by atoms with Crippen molar-refractivity contribution in [2.24, 2.45) is 0 Å². The van der Waals surface area contributed by atoms with Crippen LogP contribution < -0.4 is 0 Å². The van der Waals surface area contributed by atoms with Gasteiger partial charge in [-0.3, -0.25) is 0 Å². The van der Waals surface area contributed by atoms with Gasteiger partial charge in [-0.05, 0) is 0 Å². The maximum Gasteiger partial charge on any atom is 0.668 e. The second-order valence-corrected chi connectivity index (χ2v) is 1.80. The summed E-state index contributed by atoms with van der Waals surface area (Å²) >= 11 is 0. The maximum atomic E-state index is 7.33. The Morgan fingerprint density at radius 3 is 0.875 bits per heavy atom. The molecule has 0 unspecified atom stereocenters. The van der Waals surface area contributed by atoms with E-state index in [4.69, 9.17) is 19.2 Å². The molecule has 0 saturated heterocycles. The summed E-state index contributed by atoms with van der Waals surface area (Å²) in [5.41, 5.74) is 0. The van der Waals surface area contributed by atoms with Crippen LogP contribution in [0.2, 0.25) is 0 Å². The molecule has 0 aromatic rings. The minimum Gasteiger partial charge on any atom is -0.368 e. The zero-order valence-corrected chi connectivity index (χ0v) is 12.6. The van der Waals surface area contributed by atoms with E-state index in [0.717, 1.165) is 0 Å². The Morgan fingerprint density at radius 1 is 0.875 bits per heavy atom. The van der Waals surface area contributed by atoms with E-state index in [1.165, 1.54) is 0 Å². The molecule has 8 heteroatoms. The fraction of sp³-hybridized carbons (Fsp3) is 0. The molecule has 8 heavy (non-hydrogen) atoms. The largest absolute Gasteiger partial charge is 0.668 e. The Kier molecular flexibility index (Phi) is 29.3. The molecule has 0 spiro atoms. The summed E-state index contributed by atoms with van der Waals surface area (Å²) in [4.78, 5) is 29.3. The fourth-order valence-electron chi connectivity index (χ4n) is 0. The van der Waals surface area contributed by atoms with Gasteiger partial charge in [0.1, 0.15) is 0 Å². The number of rotatable bonds is 0. The topological polar surface area (TPSA) is 80.9 Å². The molecule has 47 valence electrons. The maximum absolute atomic E-state index is 7.33. The third kappa shape index (κ3) is 57.3. The Hall–Kier alpha value is 3.41. The second-order valence-electron chi connectivity index (χ2n) is 0.600. The van der Waals surface area contributed by atoms with Crippen molar-refractivity contribution in [1.82, 2.24) is 0 Å². The molecule has 0 fully saturated rings. The van der Waals surface area contributed by atoms with Crippen LogP contribution >= 0.6 is 0 Å². The van der Waals surface area contributed by atoms with Crippen molar-refractivity contribution < 1.29 is 36.3 Å². The van der Waals surface area contributed by atoms with Crippen molar-refractivity contribution in [2.45, 2.75) is 0 Å². The van der Waals surface area contributed by atoms with Gasteiger partial charge in [0, 0.05) is 104 Å². The Balaban J connectivity index is -0.0000000267. The summed E-state index contributed by atoms with van der Waals surface area (Å²) in [6.45, 7) is 0. The Bertz CT molecular complexity index is 31.5. The van der Waals surface area contributed by atoms with E-state index >= 15 is 0 Å². The molecule has 0 aliphatic carbocycles. The van der Waals surface area contributed by atoms with Crippen LogP contribution in [0.3, 0.4) is 0 Å². The normalized spacial score (nSPS) is 7.50. The molecule has 0 atom stereocenters. The van der Waals surface area contributed by atoms with E-state index < -0.39 is 9.05 Å². The molecule has 0 aromatic carbocycles. The van der Waals surface area contributed by atoms with Crippen LogP contribution in [0.5, 0.6) is 0 Å². The van der Waals surface area contributed by atoms with Crippen molar-refractivity contribution in [2.75, 3.05) is 0 Å². The third-order valence-electron chi connectivity index (χ3n) is 0. The van der Waals surface area contributed by atoms with Crippen LogP contribution in [-0.4, -0.2) is 115 Å². The first-order chi connectivity index (χ1) is 2.00. The average Bonchev–Trinajstić information content (AvgIpc) is 0.722. The van der Waals surface area contributed by atoms with Gasteiger partial charge in [0.05, 0.1) is 0 Å². The zero-order valence-electron chi connectivity index (χ0n) is 4.00. The standard InChI is InChI=1S/Ba.Ca.Cu.H4O4Si/c;;;1-5(2,3)4/h;;;1-4H. The first kappa shape index (κ1) is 22.5. The summed E-state index contributed by atoms with van der Waals surface area (Å²) in [7, 11) is -4.61. The molecule has 4 N–H and O–H groups in total. The summed E-state index contributed by atoms with van der Waals surface area (Å²) < 4.78 is 0. The molecule has 0 aliphatic heterocycles. The second kappa shape index (κ2) is 10.4. The predicted molar refractivity (Wildman–Crippen MR) is 26.1 cm³/mol. The van der Waals surface area contributed by atoms with Gasteiger partial charge < -0.3 is 19.2 Å². The van der Waals surface area contributed by atoms with Crippen LogP contribution in [0.15, 0.2) is 0 Å². The van der Waals surface area contributed by atoms with Gasteiger partial charge in [-0.15, -0.1) is 0 Å². The molecule has 0 aromatic heterocycles. The molecular weight excluding hydrogens is 333 g/mol. The van der Waals surface area contributed by atoms with Gasteiger partial charge in [0.25, 0.3) is 0 Å². The third-order valence-corrected chi connectivity index (χ3v) is 0. The molecule has 0 amide bonds. The van der Waals surface area contributed by atoms with Gasteiger partial charge in [-0.25, -0.2) is 0 Å². The molecular formula is H4BaCaCuO4Si. The molecule has 0 rings (SSSR count). The van der Waals surface area contributed by atoms with Crippen LogP contribution in [0.25, 0.3) is 0 Å². The van der Waals surface area contributed by atoms with Crippen molar-refractivity contribution in [1.29, 1.82) is 0 Å². The van der Waals surface area contributed by atoms with Crippen LogP contribution in [0, 0.1) is 0 Å². The summed E-state index contributed by atoms with van der Waals surface area (Å²) in [6.07, 6.45) is 0. The van der Waals surface area contributed by atoms with E-state index in [1.54, 1.807) is 0 Å². The quantitative estimate of drug-likeness (QED) is 0.348. The molecule has 0 aliphatic rings. The van der Waals surface area contributed by atoms with Crippen LogP contribution in [0.1, 0.15) is 0 Å². The van der Waals surface area contributed by atoms with E-state index in [9.17, 15) is 0 Å². The Morgan fingerprint density at radius 2 is 0.875 bits per heavy atom. The first-order valence-electron chi connectivity index (χ1n) is 0.894. The van der Waals surface area contributed by atoms with E-state index in [2.05, 4.69) is 0 Å². The molecule has 0 saturated carbocycles. The summed E-state index contributed by atoms with van der Waals surface area (Å²) in [5, 5.41) is 0. The molecule has 5 radical (unpaired) electrons. The summed E-state index contributed by atoms with van der Waals surface area (Å²) in [6, 6.07) is 0. The molecule has 0 heterocycles. The number of hydrogen-bond acceptors (Lipinski definition) is 4. The monoisotopic (exact) mass is 337 g/mol. The first-order valence-corrected chi connectivity index (χ1v) is 2.68. The van der Waals surface area contributed by atoms with E-state index in [0.29, 0.717) is 0 Å². The summed E-state index contributed by atoms with van der Waals surface area (Å²) in [5.74, 6) is 0. The SMILES string of the molecule is O[Si](O)(O)O.[Ba].[Ca].[Cu]. The van der Waals surface area contributed by atoms with Crippen LogP contribution in [-0.2, 0) is 17.1 Å². The predicted octanol–water partition coefficient (Wildman–Crippen LogP) is -3.37. The fourth-order valence-corrected chi connectivity index (χ4v) is 0. The molecule has 4 nitrogen and oxygen atoms in total. The minimum absolute atomic E-state index is 0. The van der Waals surface area contributed by atoms with Gasteiger partial charge in [-0.1, -0.05) is 0 Å². The van der Waals surface area contributed by atoms with E-state index in [-0.39, 0.29) is 104 Å². The van der Waals surface area contributed by atoms with Crippen molar-refractivity contribution in [3.8, 4) is 0 Å². The van der Waals surface area contributed by atoms with Crippen molar-refractivity contribution in [3.05, 3.63) is 0 Å². The van der Waals surface area contributed by atoms with Crippen molar-refractivity contribution in [3.63, 3.8) is 0 Å². The molecule has 0 bridgehead atoms. The van der Waals surface area contributed by atoms with Crippen molar-refractivity contribution >= 4 is 95.7 Å². The number of hydrogen-bond donors (Lipinski definition) is 4. The van der Waals surface area contributed by atoms with Gasteiger partial charge in [-0.2, -0.15) is 0 Å². The van der Waals surface area contributed by atoms with Gasteiger partial charge in [0.2, 0.25) is 0 Å².